The van der Waals surface area contributed by atoms with Crippen molar-refractivity contribution in [3.05, 3.63) is 25.4 Å². The molecule has 4 rings (SSSR count). The highest BCUT2D eigenvalue weighted by molar-refractivity contribution is 8.45. The van der Waals surface area contributed by atoms with Gasteiger partial charge in [-0.25, -0.2) is 9.98 Å². The van der Waals surface area contributed by atoms with Gasteiger partial charge in [0.05, 0.1) is 38.0 Å². The molecule has 0 bridgehead atoms. The molecule has 0 unspecified atom stereocenters. The van der Waals surface area contributed by atoms with Crippen molar-refractivity contribution in [1.82, 2.24) is 4.90 Å². The molecule has 0 N–H and O–H groups in total. The maximum absolute atomic E-state index is 3.99. The molecule has 4 aliphatic heterocycles. The van der Waals surface area contributed by atoms with Crippen molar-refractivity contribution in [1.29, 1.82) is 0 Å². The fourth-order valence-electron chi connectivity index (χ4n) is 2.24. The van der Waals surface area contributed by atoms with Crippen LogP contribution in [0, 0.1) is 0 Å². The van der Waals surface area contributed by atoms with E-state index in [0.717, 1.165) is 26.1 Å². The quantitative estimate of drug-likeness (QED) is 0.261. The Bertz CT molecular complexity index is 653. The molecule has 4 aliphatic rings. The first-order valence-corrected chi connectivity index (χ1v) is 16.6. The molecule has 0 aliphatic carbocycles. The first-order valence-electron chi connectivity index (χ1n) is 9.35. The Hall–Kier alpha value is 1.36. The standard InChI is InChI=1S/C10H8S8.C8H17N3/c1-2-12-6-5(11-1)15-9(16-6)10-17-7-8(18-10)14-4-3-13-7;1-4-9-8-10-6-5-7-11(2)3/h1-4H2;4-7H2,1-3H3. The number of hydrogen-bond donors (Lipinski definition) is 0. The first kappa shape index (κ1) is 25.0. The van der Waals surface area contributed by atoms with Gasteiger partial charge >= 0.3 is 0 Å². The predicted octanol–water partition coefficient (Wildman–Crippen LogP) is 7.42. The summed E-state index contributed by atoms with van der Waals surface area (Å²) in [6.07, 6.45) is 1.08. The zero-order chi connectivity index (χ0) is 20.5. The number of thioether (sulfide) groups is 8. The Labute approximate surface area is 208 Å². The molecule has 0 atom stereocenters. The molecule has 3 nitrogen and oxygen atoms in total. The van der Waals surface area contributed by atoms with Crippen LogP contribution in [-0.4, -0.2) is 67.6 Å². The monoisotopic (exact) mass is 539 g/mol. The Morgan fingerprint density at radius 2 is 1.17 bits per heavy atom. The van der Waals surface area contributed by atoms with E-state index in [1.54, 1.807) is 16.9 Å². The maximum atomic E-state index is 3.99. The SMILES string of the molecule is C1CSC2=C(S1)SC(=C1SC3=C(SCCS3)S1)S2.CCN=C=NCCCN(C)C. The van der Waals surface area contributed by atoms with E-state index in [4.69, 9.17) is 0 Å². The van der Waals surface area contributed by atoms with Gasteiger partial charge in [0, 0.05) is 29.6 Å². The fourth-order valence-corrected chi connectivity index (χ4v) is 14.4. The Balaban J connectivity index is 0.000000191. The molecule has 11 heteroatoms. The van der Waals surface area contributed by atoms with E-state index in [1.165, 1.54) is 31.5 Å². The van der Waals surface area contributed by atoms with Gasteiger partial charge in [-0.15, -0.1) is 47.0 Å². The van der Waals surface area contributed by atoms with Crippen LogP contribution in [0.2, 0.25) is 0 Å². The van der Waals surface area contributed by atoms with E-state index in [2.05, 4.69) is 35.0 Å². The van der Waals surface area contributed by atoms with Crippen molar-refractivity contribution >= 4 is 100 Å². The molecule has 0 aromatic carbocycles. The largest absolute Gasteiger partial charge is 0.309 e. The Kier molecular flexibility index (Phi) is 11.9. The van der Waals surface area contributed by atoms with E-state index >= 15 is 0 Å². The third kappa shape index (κ3) is 8.33. The number of hydrogen-bond acceptors (Lipinski definition) is 11. The van der Waals surface area contributed by atoms with Crippen LogP contribution < -0.4 is 0 Å². The van der Waals surface area contributed by atoms with Gasteiger partial charge in [0.2, 0.25) is 0 Å². The summed E-state index contributed by atoms with van der Waals surface area (Å²) < 4.78 is 9.31. The number of nitrogens with zero attached hydrogens (tertiary/aromatic N) is 3. The highest BCUT2D eigenvalue weighted by atomic mass is 32.3. The van der Waals surface area contributed by atoms with Crippen LogP contribution >= 0.6 is 94.1 Å². The lowest BCUT2D eigenvalue weighted by Crippen LogP contribution is -2.13. The molecule has 0 radical (unpaired) electrons. The molecule has 0 aromatic heterocycles. The maximum Gasteiger partial charge on any atom is 0.0892 e. The van der Waals surface area contributed by atoms with Gasteiger partial charge in [-0.2, -0.15) is 0 Å². The van der Waals surface area contributed by atoms with E-state index in [9.17, 15) is 0 Å². The van der Waals surface area contributed by atoms with Gasteiger partial charge in [-0.3, -0.25) is 0 Å². The molecular formula is C18H25N3S8. The summed E-state index contributed by atoms with van der Waals surface area (Å²) in [6, 6.07) is 2.64. The molecule has 4 heterocycles. The van der Waals surface area contributed by atoms with Gasteiger partial charge in [-0.1, -0.05) is 47.0 Å². The minimum atomic E-state index is 0.775. The zero-order valence-electron chi connectivity index (χ0n) is 16.8. The molecule has 0 amide bonds. The third-order valence-corrected chi connectivity index (χ3v) is 15.6. The average molecular weight is 540 g/mol. The van der Waals surface area contributed by atoms with E-state index in [0.29, 0.717) is 0 Å². The molecule has 29 heavy (non-hydrogen) atoms. The van der Waals surface area contributed by atoms with Crippen LogP contribution in [-0.2, 0) is 0 Å². The number of rotatable bonds is 5. The molecule has 0 fully saturated rings. The van der Waals surface area contributed by atoms with Crippen molar-refractivity contribution < 1.29 is 0 Å². The van der Waals surface area contributed by atoms with Crippen molar-refractivity contribution in [2.24, 2.45) is 9.98 Å². The fraction of sp³-hybridized carbons (Fsp3) is 0.611. The Morgan fingerprint density at radius 1 is 0.724 bits per heavy atom. The first-order chi connectivity index (χ1) is 14.2. The summed E-state index contributed by atoms with van der Waals surface area (Å²) in [6.45, 7) is 4.67. The van der Waals surface area contributed by atoms with E-state index in [-0.39, 0.29) is 0 Å². The van der Waals surface area contributed by atoms with Crippen LogP contribution in [0.4, 0.5) is 0 Å². The second-order valence-electron chi connectivity index (χ2n) is 6.14. The summed E-state index contributed by atoms with van der Waals surface area (Å²) in [5.74, 6) is 5.11. The summed E-state index contributed by atoms with van der Waals surface area (Å²) in [4.78, 5) is 9.99. The molecule has 0 spiro atoms. The van der Waals surface area contributed by atoms with Crippen LogP contribution in [0.15, 0.2) is 35.4 Å². The summed E-state index contributed by atoms with van der Waals surface area (Å²) in [5.41, 5.74) is 0. The smallest absolute Gasteiger partial charge is 0.0892 e. The summed E-state index contributed by atoms with van der Waals surface area (Å²) >= 11 is 16.2. The average Bonchev–Trinajstić information content (AvgIpc) is 3.34. The van der Waals surface area contributed by atoms with Gasteiger partial charge in [0.1, 0.15) is 0 Å². The van der Waals surface area contributed by atoms with Gasteiger partial charge in [0.25, 0.3) is 0 Å². The van der Waals surface area contributed by atoms with Crippen molar-refractivity contribution in [2.45, 2.75) is 13.3 Å². The number of aliphatic imine (C=N–C) groups is 2. The predicted molar refractivity (Wildman–Crippen MR) is 150 cm³/mol. The lowest BCUT2D eigenvalue weighted by molar-refractivity contribution is 0.403. The van der Waals surface area contributed by atoms with Crippen molar-refractivity contribution in [2.75, 3.05) is 56.7 Å². The van der Waals surface area contributed by atoms with E-state index in [1.807, 2.05) is 101 Å². The second-order valence-corrected chi connectivity index (χ2v) is 16.2. The van der Waals surface area contributed by atoms with Gasteiger partial charge in [-0.05, 0) is 34.0 Å². The van der Waals surface area contributed by atoms with Crippen LogP contribution in [0.25, 0.3) is 0 Å². The summed E-state index contributed by atoms with van der Waals surface area (Å²) in [5, 5.41) is 0. The molecule has 160 valence electrons. The van der Waals surface area contributed by atoms with Crippen molar-refractivity contribution in [3.8, 4) is 0 Å². The lowest BCUT2D eigenvalue weighted by atomic mass is 10.4. The highest BCUT2D eigenvalue weighted by Gasteiger charge is 2.32. The lowest BCUT2D eigenvalue weighted by Gasteiger charge is -2.08. The highest BCUT2D eigenvalue weighted by Crippen LogP contribution is 2.67. The zero-order valence-corrected chi connectivity index (χ0v) is 23.3. The topological polar surface area (TPSA) is 28.0 Å². The van der Waals surface area contributed by atoms with Crippen LogP contribution in [0.3, 0.4) is 0 Å². The molecular weight excluding hydrogens is 515 g/mol. The van der Waals surface area contributed by atoms with E-state index < -0.39 is 0 Å². The minimum absolute atomic E-state index is 0.775. The van der Waals surface area contributed by atoms with Crippen LogP contribution in [0.5, 0.6) is 0 Å². The third-order valence-electron chi connectivity index (χ3n) is 3.52. The van der Waals surface area contributed by atoms with Gasteiger partial charge in [0.15, 0.2) is 0 Å². The molecule has 0 saturated heterocycles. The Morgan fingerprint density at radius 3 is 1.55 bits per heavy atom. The van der Waals surface area contributed by atoms with Crippen LogP contribution in [0.1, 0.15) is 13.3 Å². The molecule has 0 saturated carbocycles. The normalized spacial score (nSPS) is 21.0. The minimum Gasteiger partial charge on any atom is -0.309 e. The second kappa shape index (κ2) is 13.8. The summed E-state index contributed by atoms with van der Waals surface area (Å²) in [7, 11) is 4.12. The van der Waals surface area contributed by atoms with Gasteiger partial charge < -0.3 is 4.90 Å². The van der Waals surface area contributed by atoms with Crippen molar-refractivity contribution in [3.63, 3.8) is 0 Å². The molecule has 0 aromatic rings.